The van der Waals surface area contributed by atoms with Crippen molar-refractivity contribution in [3.8, 4) is 5.75 Å². The first-order valence-corrected chi connectivity index (χ1v) is 10.5. The van der Waals surface area contributed by atoms with Crippen molar-refractivity contribution in [2.24, 2.45) is 17.8 Å². The maximum Gasteiger partial charge on any atom is 0.336 e. The lowest BCUT2D eigenvalue weighted by Crippen LogP contribution is -2.48. The van der Waals surface area contributed by atoms with Crippen LogP contribution in [0, 0.1) is 17.8 Å². The van der Waals surface area contributed by atoms with E-state index in [0.29, 0.717) is 5.57 Å². The van der Waals surface area contributed by atoms with Gasteiger partial charge in [-0.15, -0.1) is 0 Å². The SMILES string of the molecule is CC=CC=CC=C(C(=O)O)c1ccc(OC)c(C23CC4CC(CC(C4)C2)C3)c1. The molecule has 0 aliphatic heterocycles. The number of hydrogen-bond donors (Lipinski definition) is 1. The fourth-order valence-corrected chi connectivity index (χ4v) is 6.35. The summed E-state index contributed by atoms with van der Waals surface area (Å²) in [4.78, 5) is 11.9. The summed E-state index contributed by atoms with van der Waals surface area (Å²) < 4.78 is 5.75. The van der Waals surface area contributed by atoms with Crippen LogP contribution in [0.15, 0.2) is 48.6 Å². The van der Waals surface area contributed by atoms with Crippen LogP contribution in [0.1, 0.15) is 56.6 Å². The van der Waals surface area contributed by atoms with E-state index in [1.165, 1.54) is 44.1 Å². The van der Waals surface area contributed by atoms with E-state index < -0.39 is 5.97 Å². The van der Waals surface area contributed by atoms with Crippen LogP contribution in [0.25, 0.3) is 5.57 Å². The molecule has 1 aromatic rings. The molecule has 1 N–H and O–H groups in total. The van der Waals surface area contributed by atoms with Gasteiger partial charge in [0.05, 0.1) is 12.7 Å². The second-order valence-electron chi connectivity index (χ2n) is 8.91. The molecule has 4 aliphatic rings. The highest BCUT2D eigenvalue weighted by molar-refractivity contribution is 6.15. The van der Waals surface area contributed by atoms with Crippen molar-refractivity contribution >= 4 is 11.5 Å². The lowest BCUT2D eigenvalue weighted by Gasteiger charge is -2.57. The van der Waals surface area contributed by atoms with Gasteiger partial charge >= 0.3 is 5.97 Å². The zero-order valence-corrected chi connectivity index (χ0v) is 16.9. The van der Waals surface area contributed by atoms with Gasteiger partial charge in [-0.1, -0.05) is 30.4 Å². The number of carboxylic acids is 1. The third-order valence-corrected chi connectivity index (χ3v) is 7.03. The maximum absolute atomic E-state index is 11.9. The average molecular weight is 379 g/mol. The van der Waals surface area contributed by atoms with Crippen LogP contribution in [0.2, 0.25) is 0 Å². The molecule has 3 nitrogen and oxygen atoms in total. The summed E-state index contributed by atoms with van der Waals surface area (Å²) in [5, 5.41) is 9.78. The average Bonchev–Trinajstić information content (AvgIpc) is 2.66. The van der Waals surface area contributed by atoms with Crippen molar-refractivity contribution in [1.29, 1.82) is 0 Å². The van der Waals surface area contributed by atoms with Gasteiger partial charge in [-0.2, -0.15) is 0 Å². The highest BCUT2D eigenvalue weighted by Crippen LogP contribution is 2.62. The Bertz CT molecular complexity index is 808. The van der Waals surface area contributed by atoms with E-state index in [1.807, 2.05) is 37.3 Å². The first kappa shape index (κ1) is 19.0. The van der Waals surface area contributed by atoms with Crippen LogP contribution < -0.4 is 4.74 Å². The van der Waals surface area contributed by atoms with E-state index >= 15 is 0 Å². The Balaban J connectivity index is 1.75. The van der Waals surface area contributed by atoms with Gasteiger partial charge in [0.25, 0.3) is 0 Å². The molecule has 0 spiro atoms. The Morgan fingerprint density at radius 3 is 2.25 bits per heavy atom. The number of aliphatic carboxylic acids is 1. The smallest absolute Gasteiger partial charge is 0.336 e. The normalized spacial score (nSPS) is 31.8. The number of benzene rings is 1. The van der Waals surface area contributed by atoms with Crippen molar-refractivity contribution in [2.45, 2.75) is 50.9 Å². The van der Waals surface area contributed by atoms with Crippen molar-refractivity contribution in [2.75, 3.05) is 7.11 Å². The first-order valence-electron chi connectivity index (χ1n) is 10.5. The first-order chi connectivity index (χ1) is 13.5. The standard InChI is InChI=1S/C25H30O3/c1-3-4-5-6-7-21(24(26)27)20-8-9-23(28-2)22(13-20)25-14-17-10-18(15-25)12-19(11-17)16-25/h3-9,13,17-19H,10-12,14-16H2,1-2H3,(H,26,27). The van der Waals surface area contributed by atoms with E-state index in [2.05, 4.69) is 6.07 Å². The van der Waals surface area contributed by atoms with Gasteiger partial charge in [0.2, 0.25) is 0 Å². The minimum atomic E-state index is -0.897. The van der Waals surface area contributed by atoms with Crippen LogP contribution in [-0.2, 0) is 10.2 Å². The monoisotopic (exact) mass is 378 g/mol. The van der Waals surface area contributed by atoms with Gasteiger partial charge in [-0.25, -0.2) is 4.79 Å². The summed E-state index contributed by atoms with van der Waals surface area (Å²) >= 11 is 0. The van der Waals surface area contributed by atoms with Crippen molar-refractivity contribution in [3.63, 3.8) is 0 Å². The lowest BCUT2D eigenvalue weighted by atomic mass is 9.48. The summed E-state index contributed by atoms with van der Waals surface area (Å²) in [5.74, 6) is 2.51. The molecule has 0 atom stereocenters. The number of rotatable bonds is 6. The fraction of sp³-hybridized carbons (Fsp3) is 0.480. The Hall–Kier alpha value is -2.29. The van der Waals surface area contributed by atoms with Gasteiger partial charge in [0, 0.05) is 5.56 Å². The maximum atomic E-state index is 11.9. The van der Waals surface area contributed by atoms with E-state index in [1.54, 1.807) is 19.3 Å². The Morgan fingerprint density at radius 1 is 1.07 bits per heavy atom. The molecule has 0 heterocycles. The Morgan fingerprint density at radius 2 is 1.71 bits per heavy atom. The van der Waals surface area contributed by atoms with Gasteiger partial charge in [0.15, 0.2) is 0 Å². The van der Waals surface area contributed by atoms with Crippen LogP contribution in [-0.4, -0.2) is 18.2 Å². The van der Waals surface area contributed by atoms with Crippen molar-refractivity contribution in [3.05, 3.63) is 59.7 Å². The summed E-state index contributed by atoms with van der Waals surface area (Å²) in [5.41, 5.74) is 2.50. The zero-order chi connectivity index (χ0) is 19.7. The van der Waals surface area contributed by atoms with E-state index in [9.17, 15) is 9.90 Å². The molecule has 4 bridgehead atoms. The molecular formula is C25H30O3. The minimum absolute atomic E-state index is 0.167. The molecule has 3 heteroatoms. The molecule has 4 aliphatic carbocycles. The van der Waals surface area contributed by atoms with Gasteiger partial charge in [-0.05, 0) is 92.4 Å². The van der Waals surface area contributed by atoms with Crippen LogP contribution in [0.4, 0.5) is 0 Å². The summed E-state index contributed by atoms with van der Waals surface area (Å²) in [6.07, 6.45) is 17.0. The summed E-state index contributed by atoms with van der Waals surface area (Å²) in [7, 11) is 1.73. The fourth-order valence-electron chi connectivity index (χ4n) is 6.35. The third-order valence-electron chi connectivity index (χ3n) is 7.03. The Kier molecular flexibility index (Phi) is 5.18. The van der Waals surface area contributed by atoms with E-state index in [-0.39, 0.29) is 5.41 Å². The number of carboxylic acid groups (broad SMARTS) is 1. The molecule has 0 amide bonds. The predicted octanol–water partition coefficient (Wildman–Crippen LogP) is 5.76. The van der Waals surface area contributed by atoms with Crippen LogP contribution in [0.5, 0.6) is 5.75 Å². The molecule has 4 saturated carbocycles. The second kappa shape index (κ2) is 7.62. The molecule has 0 radical (unpaired) electrons. The molecule has 148 valence electrons. The number of allylic oxidation sites excluding steroid dienone is 5. The van der Waals surface area contributed by atoms with Crippen LogP contribution in [0.3, 0.4) is 0 Å². The largest absolute Gasteiger partial charge is 0.496 e. The zero-order valence-electron chi connectivity index (χ0n) is 16.9. The van der Waals surface area contributed by atoms with Crippen LogP contribution >= 0.6 is 0 Å². The molecule has 4 fully saturated rings. The number of ether oxygens (including phenoxy) is 1. The number of methoxy groups -OCH3 is 1. The number of carbonyl (C=O) groups is 1. The van der Waals surface area contributed by atoms with Gasteiger partial charge in [0.1, 0.15) is 5.75 Å². The molecule has 28 heavy (non-hydrogen) atoms. The highest BCUT2D eigenvalue weighted by atomic mass is 16.5. The quantitative estimate of drug-likeness (QED) is 0.505. The van der Waals surface area contributed by atoms with Crippen molar-refractivity contribution in [1.82, 2.24) is 0 Å². The molecule has 5 rings (SSSR count). The predicted molar refractivity (Wildman–Crippen MR) is 112 cm³/mol. The molecule has 0 aromatic heterocycles. The lowest BCUT2D eigenvalue weighted by molar-refractivity contribution is -0.130. The highest BCUT2D eigenvalue weighted by Gasteiger charge is 2.52. The minimum Gasteiger partial charge on any atom is -0.496 e. The molecular weight excluding hydrogens is 348 g/mol. The van der Waals surface area contributed by atoms with E-state index in [4.69, 9.17) is 4.74 Å². The molecule has 0 saturated heterocycles. The molecule has 1 aromatic carbocycles. The topological polar surface area (TPSA) is 46.5 Å². The second-order valence-corrected chi connectivity index (χ2v) is 8.91. The van der Waals surface area contributed by atoms with Gasteiger partial charge < -0.3 is 9.84 Å². The summed E-state index contributed by atoms with van der Waals surface area (Å²) in [6, 6.07) is 5.96. The molecule has 0 unspecified atom stereocenters. The summed E-state index contributed by atoms with van der Waals surface area (Å²) in [6.45, 7) is 1.94. The number of hydrogen-bond acceptors (Lipinski definition) is 2. The Labute approximate surface area is 167 Å². The van der Waals surface area contributed by atoms with Gasteiger partial charge in [-0.3, -0.25) is 0 Å². The third kappa shape index (κ3) is 3.43. The van der Waals surface area contributed by atoms with Crippen molar-refractivity contribution < 1.29 is 14.6 Å². The van der Waals surface area contributed by atoms with E-state index in [0.717, 1.165) is 29.1 Å².